The molecule has 3 rings (SSSR count). The Kier molecular flexibility index (Phi) is 4.07. The molecule has 1 aromatic carbocycles. The average molecular weight is 302 g/mol. The highest BCUT2D eigenvalue weighted by molar-refractivity contribution is 5.94. The molecule has 5 nitrogen and oxygen atoms in total. The molecule has 0 saturated carbocycles. The largest absolute Gasteiger partial charge is 0.490 e. The van der Waals surface area contributed by atoms with Crippen LogP contribution in [0.15, 0.2) is 24.3 Å². The predicted molar refractivity (Wildman–Crippen MR) is 85.6 cm³/mol. The fourth-order valence-corrected chi connectivity index (χ4v) is 3.00. The minimum absolute atomic E-state index is 0.206. The van der Waals surface area contributed by atoms with Crippen molar-refractivity contribution in [3.8, 4) is 5.75 Å². The molecule has 0 radical (unpaired) electrons. The van der Waals surface area contributed by atoms with Crippen LogP contribution in [0.2, 0.25) is 0 Å². The maximum absolute atomic E-state index is 11.0. The zero-order chi connectivity index (χ0) is 15.7. The molecule has 0 unspecified atom stereocenters. The van der Waals surface area contributed by atoms with Gasteiger partial charge < -0.3 is 19.7 Å². The monoisotopic (exact) mass is 302 g/mol. The molecule has 2 N–H and O–H groups in total. The molecule has 1 aliphatic rings. The van der Waals surface area contributed by atoms with Gasteiger partial charge in [0.05, 0.1) is 0 Å². The molecule has 1 aromatic heterocycles. The molecule has 0 amide bonds. The summed E-state index contributed by atoms with van der Waals surface area (Å²) in [6.45, 7) is 6.58. The highest BCUT2D eigenvalue weighted by Gasteiger charge is 2.22. The Hall–Kier alpha value is -2.01. The van der Waals surface area contributed by atoms with Crippen molar-refractivity contribution < 1.29 is 14.6 Å². The van der Waals surface area contributed by atoms with Crippen LogP contribution in [-0.2, 0) is 0 Å². The number of carbonyl (C=O) groups is 1. The number of aromatic nitrogens is 1. The van der Waals surface area contributed by atoms with E-state index in [-0.39, 0.29) is 11.8 Å². The number of nitrogens with zero attached hydrogens (tertiary/aromatic N) is 1. The van der Waals surface area contributed by atoms with Crippen LogP contribution >= 0.6 is 0 Å². The van der Waals surface area contributed by atoms with Crippen molar-refractivity contribution in [1.29, 1.82) is 0 Å². The van der Waals surface area contributed by atoms with Gasteiger partial charge in [0, 0.05) is 36.1 Å². The molecule has 5 heteroatoms. The van der Waals surface area contributed by atoms with Crippen LogP contribution in [-0.4, -0.2) is 46.2 Å². The van der Waals surface area contributed by atoms with Gasteiger partial charge in [-0.1, -0.05) is 0 Å². The maximum Gasteiger partial charge on any atom is 0.352 e. The maximum atomic E-state index is 11.0. The topological polar surface area (TPSA) is 65.6 Å². The first-order valence-corrected chi connectivity index (χ1v) is 7.79. The number of H-pyrrole nitrogens is 1. The molecule has 22 heavy (non-hydrogen) atoms. The van der Waals surface area contributed by atoms with Crippen LogP contribution in [0, 0.1) is 0 Å². The standard InChI is InChI=1S/C17H22N2O3/c1-11(2)19-7-5-13(6-8-19)22-14-4-3-12-9-16(17(20)21)18-15(12)10-14/h3-4,9-11,13,18H,5-8H2,1-2H3,(H,20,21). The van der Waals surface area contributed by atoms with E-state index in [1.54, 1.807) is 6.07 Å². The molecule has 0 aliphatic carbocycles. The van der Waals surface area contributed by atoms with Gasteiger partial charge >= 0.3 is 5.97 Å². The number of hydrogen-bond donors (Lipinski definition) is 2. The van der Waals surface area contributed by atoms with E-state index >= 15 is 0 Å². The molecule has 1 aliphatic heterocycles. The van der Waals surface area contributed by atoms with Crippen molar-refractivity contribution in [3.05, 3.63) is 30.0 Å². The van der Waals surface area contributed by atoms with E-state index in [1.807, 2.05) is 18.2 Å². The highest BCUT2D eigenvalue weighted by Crippen LogP contribution is 2.25. The highest BCUT2D eigenvalue weighted by atomic mass is 16.5. The molecular weight excluding hydrogens is 280 g/mol. The third kappa shape index (κ3) is 3.09. The summed E-state index contributed by atoms with van der Waals surface area (Å²) >= 11 is 0. The number of rotatable bonds is 4. The summed E-state index contributed by atoms with van der Waals surface area (Å²) < 4.78 is 6.07. The Bertz CT molecular complexity index is 670. The van der Waals surface area contributed by atoms with Crippen molar-refractivity contribution in [2.24, 2.45) is 0 Å². The van der Waals surface area contributed by atoms with Gasteiger partial charge in [0.2, 0.25) is 0 Å². The van der Waals surface area contributed by atoms with Crippen LogP contribution in [0.3, 0.4) is 0 Å². The van der Waals surface area contributed by atoms with Crippen molar-refractivity contribution in [3.63, 3.8) is 0 Å². The van der Waals surface area contributed by atoms with E-state index in [0.29, 0.717) is 6.04 Å². The van der Waals surface area contributed by atoms with Gasteiger partial charge in [0.1, 0.15) is 17.5 Å². The summed E-state index contributed by atoms with van der Waals surface area (Å²) in [5, 5.41) is 9.91. The number of fused-ring (bicyclic) bond motifs is 1. The predicted octanol–water partition coefficient (Wildman–Crippen LogP) is 3.12. The minimum atomic E-state index is -0.945. The Morgan fingerprint density at radius 2 is 2.05 bits per heavy atom. The fourth-order valence-electron chi connectivity index (χ4n) is 3.00. The molecular formula is C17H22N2O3. The third-order valence-corrected chi connectivity index (χ3v) is 4.33. The number of aromatic carboxylic acids is 1. The van der Waals surface area contributed by atoms with Crippen molar-refractivity contribution in [2.75, 3.05) is 13.1 Å². The lowest BCUT2D eigenvalue weighted by molar-refractivity contribution is 0.0691. The summed E-state index contributed by atoms with van der Waals surface area (Å²) in [5.41, 5.74) is 1.01. The van der Waals surface area contributed by atoms with Gasteiger partial charge in [-0.3, -0.25) is 0 Å². The van der Waals surface area contributed by atoms with Crippen molar-refractivity contribution in [1.82, 2.24) is 9.88 Å². The normalized spacial score (nSPS) is 17.2. The van der Waals surface area contributed by atoms with Gasteiger partial charge in [-0.2, -0.15) is 0 Å². The van der Waals surface area contributed by atoms with Gasteiger partial charge in [-0.05, 0) is 44.9 Å². The number of hydrogen-bond acceptors (Lipinski definition) is 3. The first kappa shape index (κ1) is 14.9. The summed E-state index contributed by atoms with van der Waals surface area (Å²) in [6, 6.07) is 7.93. The number of aromatic amines is 1. The van der Waals surface area contributed by atoms with E-state index in [1.165, 1.54) is 0 Å². The molecule has 1 saturated heterocycles. The van der Waals surface area contributed by atoms with Gasteiger partial charge in [-0.15, -0.1) is 0 Å². The zero-order valence-electron chi connectivity index (χ0n) is 13.0. The number of carboxylic acids is 1. The van der Waals surface area contributed by atoms with Crippen LogP contribution in [0.1, 0.15) is 37.2 Å². The van der Waals surface area contributed by atoms with Gasteiger partial charge in [0.25, 0.3) is 0 Å². The second-order valence-electron chi connectivity index (χ2n) is 6.18. The molecule has 0 atom stereocenters. The van der Waals surface area contributed by atoms with E-state index < -0.39 is 5.97 Å². The third-order valence-electron chi connectivity index (χ3n) is 4.33. The van der Waals surface area contributed by atoms with Crippen LogP contribution < -0.4 is 4.74 Å². The lowest BCUT2D eigenvalue weighted by Crippen LogP contribution is -2.41. The smallest absolute Gasteiger partial charge is 0.352 e. The summed E-state index contributed by atoms with van der Waals surface area (Å²) in [5.74, 6) is -0.144. The second-order valence-corrected chi connectivity index (χ2v) is 6.18. The number of likely N-dealkylation sites (tertiary alicyclic amines) is 1. The second kappa shape index (κ2) is 6.01. The van der Waals surface area contributed by atoms with Gasteiger partial charge in [0.15, 0.2) is 0 Å². The molecule has 2 heterocycles. The lowest BCUT2D eigenvalue weighted by atomic mass is 10.1. The first-order valence-electron chi connectivity index (χ1n) is 7.79. The Morgan fingerprint density at radius 1 is 1.32 bits per heavy atom. The van der Waals surface area contributed by atoms with Crippen molar-refractivity contribution in [2.45, 2.75) is 38.8 Å². The summed E-state index contributed by atoms with van der Waals surface area (Å²) in [7, 11) is 0. The SMILES string of the molecule is CC(C)N1CCC(Oc2ccc3cc(C(=O)O)[nH]c3c2)CC1. The van der Waals surface area contributed by atoms with E-state index in [9.17, 15) is 4.79 Å². The number of ether oxygens (including phenoxy) is 1. The Balaban J connectivity index is 1.68. The molecule has 0 spiro atoms. The Morgan fingerprint density at radius 3 is 2.68 bits per heavy atom. The number of carboxylic acid groups (broad SMARTS) is 1. The van der Waals surface area contributed by atoms with E-state index in [4.69, 9.17) is 9.84 Å². The fraction of sp³-hybridized carbons (Fsp3) is 0.471. The average Bonchev–Trinajstić information content (AvgIpc) is 2.91. The summed E-state index contributed by atoms with van der Waals surface area (Å²) in [4.78, 5) is 16.4. The number of nitrogens with one attached hydrogen (secondary N) is 1. The lowest BCUT2D eigenvalue weighted by Gasteiger charge is -2.34. The number of piperidine rings is 1. The van der Waals surface area contributed by atoms with Crippen LogP contribution in [0.5, 0.6) is 5.75 Å². The summed E-state index contributed by atoms with van der Waals surface area (Å²) in [6.07, 6.45) is 2.30. The van der Waals surface area contributed by atoms with E-state index in [2.05, 4.69) is 23.7 Å². The minimum Gasteiger partial charge on any atom is -0.490 e. The number of benzene rings is 1. The van der Waals surface area contributed by atoms with Crippen LogP contribution in [0.25, 0.3) is 10.9 Å². The quantitative estimate of drug-likeness (QED) is 0.910. The van der Waals surface area contributed by atoms with Gasteiger partial charge in [-0.25, -0.2) is 4.79 Å². The van der Waals surface area contributed by atoms with E-state index in [0.717, 1.165) is 42.6 Å². The molecule has 0 bridgehead atoms. The Labute approximate surface area is 129 Å². The zero-order valence-corrected chi connectivity index (χ0v) is 13.0. The van der Waals surface area contributed by atoms with Crippen LogP contribution in [0.4, 0.5) is 0 Å². The molecule has 2 aromatic rings. The van der Waals surface area contributed by atoms with Crippen molar-refractivity contribution >= 4 is 16.9 Å². The molecule has 1 fully saturated rings. The first-order chi connectivity index (χ1) is 10.5. The molecule has 118 valence electrons.